The van der Waals surface area contributed by atoms with Crippen molar-refractivity contribution in [1.82, 2.24) is 10.3 Å². The number of anilines is 1. The summed E-state index contributed by atoms with van der Waals surface area (Å²) < 4.78 is 0. The molecule has 1 aromatic heterocycles. The largest absolute Gasteiger partial charge is 0.384 e. The number of pyridine rings is 1. The molecule has 2 unspecified atom stereocenters. The molecule has 1 fully saturated rings. The van der Waals surface area contributed by atoms with Gasteiger partial charge in [0.15, 0.2) is 0 Å². The van der Waals surface area contributed by atoms with Crippen molar-refractivity contribution in [3.8, 4) is 0 Å². The van der Waals surface area contributed by atoms with Crippen LogP contribution in [0.4, 0.5) is 5.82 Å². The van der Waals surface area contributed by atoms with E-state index in [1.165, 1.54) is 6.42 Å². The van der Waals surface area contributed by atoms with E-state index in [0.717, 1.165) is 37.1 Å². The van der Waals surface area contributed by atoms with Gasteiger partial charge in [0, 0.05) is 22.5 Å². The standard InChI is InChI=1S/C16H25N3OS/c1-3-5-12-8-11(9-15(17)18-12)16(20)19-13-6-7-14(10-13)21-4-2/h8-9,13-14H,3-7,10H2,1-2H3,(H2,17,18)(H,19,20). The number of rotatable bonds is 6. The molecule has 1 aromatic rings. The minimum atomic E-state index is -0.0198. The van der Waals surface area contributed by atoms with Crippen molar-refractivity contribution in [2.24, 2.45) is 0 Å². The van der Waals surface area contributed by atoms with Gasteiger partial charge >= 0.3 is 0 Å². The summed E-state index contributed by atoms with van der Waals surface area (Å²) in [5.41, 5.74) is 7.34. The molecule has 1 aliphatic carbocycles. The number of carbonyl (C=O) groups excluding carboxylic acids is 1. The molecule has 0 bridgehead atoms. The number of nitrogens with one attached hydrogen (secondary N) is 1. The Morgan fingerprint density at radius 1 is 1.43 bits per heavy atom. The highest BCUT2D eigenvalue weighted by Crippen LogP contribution is 2.29. The number of hydrogen-bond donors (Lipinski definition) is 2. The Balaban J connectivity index is 1.97. The van der Waals surface area contributed by atoms with Crippen molar-refractivity contribution >= 4 is 23.5 Å². The van der Waals surface area contributed by atoms with Gasteiger partial charge in [-0.2, -0.15) is 11.8 Å². The van der Waals surface area contributed by atoms with Gasteiger partial charge in [0.25, 0.3) is 5.91 Å². The van der Waals surface area contributed by atoms with Gasteiger partial charge in [-0.3, -0.25) is 4.79 Å². The number of hydrogen-bond acceptors (Lipinski definition) is 4. The van der Waals surface area contributed by atoms with Crippen molar-refractivity contribution in [2.45, 2.75) is 57.2 Å². The lowest BCUT2D eigenvalue weighted by Gasteiger charge is -2.14. The van der Waals surface area contributed by atoms with Gasteiger partial charge in [0.2, 0.25) is 0 Å². The SMILES string of the molecule is CCCc1cc(C(=O)NC2CCC(SCC)C2)cc(N)n1. The molecule has 1 aliphatic rings. The molecule has 0 spiro atoms. The van der Waals surface area contributed by atoms with Crippen LogP contribution in [-0.4, -0.2) is 27.9 Å². The molecule has 0 saturated heterocycles. The molecule has 0 radical (unpaired) electrons. The maximum atomic E-state index is 12.4. The quantitative estimate of drug-likeness (QED) is 0.847. The van der Waals surface area contributed by atoms with Gasteiger partial charge in [-0.25, -0.2) is 4.98 Å². The van der Waals surface area contributed by atoms with E-state index in [1.54, 1.807) is 6.07 Å². The van der Waals surface area contributed by atoms with Crippen LogP contribution in [0.2, 0.25) is 0 Å². The summed E-state index contributed by atoms with van der Waals surface area (Å²) in [6.45, 7) is 4.28. The number of aryl methyl sites for hydroxylation is 1. The number of nitrogens with two attached hydrogens (primary N) is 1. The molecule has 5 heteroatoms. The Labute approximate surface area is 131 Å². The fraction of sp³-hybridized carbons (Fsp3) is 0.625. The molecule has 2 atom stereocenters. The van der Waals surface area contributed by atoms with Gasteiger partial charge in [-0.15, -0.1) is 0 Å². The van der Waals surface area contributed by atoms with Gasteiger partial charge in [0.1, 0.15) is 5.82 Å². The summed E-state index contributed by atoms with van der Waals surface area (Å²) in [6, 6.07) is 3.83. The van der Waals surface area contributed by atoms with Crippen LogP contribution in [0, 0.1) is 0 Å². The Morgan fingerprint density at radius 3 is 2.95 bits per heavy atom. The highest BCUT2D eigenvalue weighted by molar-refractivity contribution is 7.99. The van der Waals surface area contributed by atoms with E-state index in [0.29, 0.717) is 22.7 Å². The molecule has 0 aromatic carbocycles. The van der Waals surface area contributed by atoms with Crippen LogP contribution >= 0.6 is 11.8 Å². The molecule has 1 saturated carbocycles. The van der Waals surface area contributed by atoms with Crippen molar-refractivity contribution in [3.63, 3.8) is 0 Å². The highest BCUT2D eigenvalue weighted by Gasteiger charge is 2.26. The monoisotopic (exact) mass is 307 g/mol. The van der Waals surface area contributed by atoms with E-state index in [-0.39, 0.29) is 5.91 Å². The first-order valence-electron chi connectivity index (χ1n) is 7.81. The van der Waals surface area contributed by atoms with Crippen molar-refractivity contribution in [2.75, 3.05) is 11.5 Å². The molecule has 1 amide bonds. The van der Waals surface area contributed by atoms with Crippen LogP contribution in [0.25, 0.3) is 0 Å². The second kappa shape index (κ2) is 7.69. The summed E-state index contributed by atoms with van der Waals surface area (Å²) >= 11 is 2.00. The Bertz CT molecular complexity index is 492. The molecule has 3 N–H and O–H groups in total. The van der Waals surface area contributed by atoms with Crippen LogP contribution in [0.3, 0.4) is 0 Å². The number of carbonyl (C=O) groups is 1. The van der Waals surface area contributed by atoms with Crippen LogP contribution in [0.15, 0.2) is 12.1 Å². The molecular weight excluding hydrogens is 282 g/mol. The Kier molecular flexibility index (Phi) is 5.91. The number of nitrogen functional groups attached to an aromatic ring is 1. The summed E-state index contributed by atoms with van der Waals surface area (Å²) in [5.74, 6) is 1.55. The zero-order chi connectivity index (χ0) is 15.2. The van der Waals surface area contributed by atoms with Crippen LogP contribution in [-0.2, 0) is 6.42 Å². The van der Waals surface area contributed by atoms with Gasteiger partial charge in [-0.05, 0) is 43.6 Å². The third-order valence-corrected chi connectivity index (χ3v) is 5.02. The van der Waals surface area contributed by atoms with E-state index < -0.39 is 0 Å². The normalized spacial score (nSPS) is 21.4. The number of aromatic nitrogens is 1. The van der Waals surface area contributed by atoms with E-state index in [9.17, 15) is 4.79 Å². The second-order valence-corrected chi connectivity index (χ2v) is 7.16. The molecule has 4 nitrogen and oxygen atoms in total. The van der Waals surface area contributed by atoms with Crippen molar-refractivity contribution < 1.29 is 4.79 Å². The van der Waals surface area contributed by atoms with E-state index in [4.69, 9.17) is 5.73 Å². The summed E-state index contributed by atoms with van der Waals surface area (Å²) in [7, 11) is 0. The number of nitrogens with zero attached hydrogens (tertiary/aromatic N) is 1. The van der Waals surface area contributed by atoms with E-state index >= 15 is 0 Å². The smallest absolute Gasteiger partial charge is 0.251 e. The van der Waals surface area contributed by atoms with Gasteiger partial charge < -0.3 is 11.1 Å². The average molecular weight is 307 g/mol. The predicted molar refractivity (Wildman–Crippen MR) is 89.7 cm³/mol. The zero-order valence-corrected chi connectivity index (χ0v) is 13.7. The average Bonchev–Trinajstić information content (AvgIpc) is 2.86. The fourth-order valence-electron chi connectivity index (χ4n) is 2.85. The van der Waals surface area contributed by atoms with E-state index in [1.807, 2.05) is 17.8 Å². The maximum Gasteiger partial charge on any atom is 0.251 e. The van der Waals surface area contributed by atoms with Gasteiger partial charge in [0.05, 0.1) is 0 Å². The van der Waals surface area contributed by atoms with Gasteiger partial charge in [-0.1, -0.05) is 20.3 Å². The lowest BCUT2D eigenvalue weighted by Crippen LogP contribution is -2.33. The van der Waals surface area contributed by atoms with Crippen molar-refractivity contribution in [3.05, 3.63) is 23.4 Å². The lowest BCUT2D eigenvalue weighted by molar-refractivity contribution is 0.0938. The van der Waals surface area contributed by atoms with Crippen LogP contribution in [0.5, 0.6) is 0 Å². The number of amides is 1. The predicted octanol–water partition coefficient (Wildman–Crippen LogP) is 3.02. The topological polar surface area (TPSA) is 68.0 Å². The van der Waals surface area contributed by atoms with Crippen molar-refractivity contribution in [1.29, 1.82) is 0 Å². The fourth-order valence-corrected chi connectivity index (χ4v) is 4.00. The first kappa shape index (κ1) is 16.1. The minimum absolute atomic E-state index is 0.0198. The summed E-state index contributed by atoms with van der Waals surface area (Å²) in [4.78, 5) is 16.6. The molecule has 2 rings (SSSR count). The highest BCUT2D eigenvalue weighted by atomic mass is 32.2. The third kappa shape index (κ3) is 4.63. The molecule has 0 aliphatic heterocycles. The molecule has 116 valence electrons. The molecule has 21 heavy (non-hydrogen) atoms. The Morgan fingerprint density at radius 2 is 2.24 bits per heavy atom. The third-order valence-electron chi connectivity index (χ3n) is 3.79. The Hall–Kier alpha value is -1.23. The first-order chi connectivity index (χ1) is 10.1. The summed E-state index contributed by atoms with van der Waals surface area (Å²) in [6.07, 6.45) is 5.20. The molecule has 1 heterocycles. The van der Waals surface area contributed by atoms with Crippen LogP contribution < -0.4 is 11.1 Å². The first-order valence-corrected chi connectivity index (χ1v) is 8.86. The summed E-state index contributed by atoms with van der Waals surface area (Å²) in [5, 5.41) is 3.84. The lowest BCUT2D eigenvalue weighted by atomic mass is 10.1. The van der Waals surface area contributed by atoms with E-state index in [2.05, 4.69) is 24.1 Å². The molecular formula is C16H25N3OS. The minimum Gasteiger partial charge on any atom is -0.384 e. The number of thioether (sulfide) groups is 1. The second-order valence-electron chi connectivity index (χ2n) is 5.58. The zero-order valence-electron chi connectivity index (χ0n) is 12.9. The van der Waals surface area contributed by atoms with Crippen LogP contribution in [0.1, 0.15) is 55.6 Å². The maximum absolute atomic E-state index is 12.4.